The maximum atomic E-state index is 11.1. The topological polar surface area (TPSA) is 53.0 Å². The summed E-state index contributed by atoms with van der Waals surface area (Å²) in [4.78, 5) is 16.1. The minimum Gasteiger partial charge on any atom is -0.489 e. The van der Waals surface area contributed by atoms with Crippen LogP contribution in [0.3, 0.4) is 0 Å². The van der Waals surface area contributed by atoms with Crippen LogP contribution in [0.4, 0.5) is 5.69 Å². The first kappa shape index (κ1) is 27.1. The number of piperidine rings is 1. The highest BCUT2D eigenvalue weighted by Gasteiger charge is 2.43. The fourth-order valence-corrected chi connectivity index (χ4v) is 6.32. The zero-order chi connectivity index (χ0) is 27.4. The molecule has 3 aromatic rings. The van der Waals surface area contributed by atoms with Crippen LogP contribution in [0.1, 0.15) is 54.4 Å². The lowest BCUT2D eigenvalue weighted by atomic mass is 9.74. The van der Waals surface area contributed by atoms with E-state index in [1.54, 1.807) is 6.92 Å². The second-order valence-corrected chi connectivity index (χ2v) is 11.2. The molecule has 1 unspecified atom stereocenters. The average Bonchev–Trinajstić information content (AvgIpc) is 3.21. The fourth-order valence-electron chi connectivity index (χ4n) is 6.06. The highest BCUT2D eigenvalue weighted by atomic mass is 35.5. The van der Waals surface area contributed by atoms with E-state index in [9.17, 15) is 4.79 Å². The number of halogens is 1. The molecular weight excluding hydrogens is 508 g/mol. The summed E-state index contributed by atoms with van der Waals surface area (Å²) in [5, 5.41) is 9.92. The van der Waals surface area contributed by atoms with E-state index >= 15 is 0 Å². The Morgan fingerprint density at radius 2 is 1.85 bits per heavy atom. The van der Waals surface area contributed by atoms with Crippen LogP contribution in [0.2, 0.25) is 5.02 Å². The molecule has 0 saturated carbocycles. The standard InChI is InChI=1S/C33H35ClN2O3/c1-3-6-26(20-32(37)38)25-11-13-28(14-12-25)39-22-24-9-10-27(30(34)19-24)21-36-17-15-33(16-18-36)23-35(2)31-8-5-4-7-29(31)33/h4-5,7-14,19,26H,15-18,20-23H2,1-2H3,(H,37,38). The number of hydrogen-bond donors (Lipinski definition) is 1. The third-order valence-corrected chi connectivity index (χ3v) is 8.49. The van der Waals surface area contributed by atoms with Crippen molar-refractivity contribution in [1.82, 2.24) is 4.90 Å². The molecule has 1 saturated heterocycles. The van der Waals surface area contributed by atoms with Gasteiger partial charge in [0.15, 0.2) is 0 Å². The monoisotopic (exact) mass is 542 g/mol. The van der Waals surface area contributed by atoms with Crippen molar-refractivity contribution in [3.63, 3.8) is 0 Å². The summed E-state index contributed by atoms with van der Waals surface area (Å²) in [5.41, 5.74) is 6.20. The first-order chi connectivity index (χ1) is 18.9. The molecule has 1 fully saturated rings. The molecule has 2 aliphatic rings. The predicted octanol–water partition coefficient (Wildman–Crippen LogP) is 6.48. The van der Waals surface area contributed by atoms with Gasteiger partial charge in [0.25, 0.3) is 0 Å². The number of likely N-dealkylation sites (N-methyl/N-ethyl adjacent to an activating group) is 1. The highest BCUT2D eigenvalue weighted by molar-refractivity contribution is 6.31. The molecule has 202 valence electrons. The van der Waals surface area contributed by atoms with E-state index < -0.39 is 5.97 Å². The summed E-state index contributed by atoms with van der Waals surface area (Å²) in [6.45, 7) is 6.22. The highest BCUT2D eigenvalue weighted by Crippen LogP contribution is 2.46. The Hall–Kier alpha value is -3.46. The number of rotatable bonds is 8. The Morgan fingerprint density at radius 1 is 1.10 bits per heavy atom. The zero-order valence-corrected chi connectivity index (χ0v) is 23.4. The summed E-state index contributed by atoms with van der Waals surface area (Å²) in [7, 11) is 2.21. The largest absolute Gasteiger partial charge is 0.489 e. The average molecular weight is 543 g/mol. The Bertz CT molecular complexity index is 1380. The van der Waals surface area contributed by atoms with Gasteiger partial charge in [-0.3, -0.25) is 9.69 Å². The van der Waals surface area contributed by atoms with Gasteiger partial charge in [0.05, 0.1) is 12.3 Å². The van der Waals surface area contributed by atoms with Gasteiger partial charge in [0.1, 0.15) is 12.4 Å². The minimum atomic E-state index is -0.861. The molecule has 5 rings (SSSR count). The number of likely N-dealkylation sites (tertiary alicyclic amines) is 1. The Labute approximate surface area is 236 Å². The predicted molar refractivity (Wildman–Crippen MR) is 157 cm³/mol. The number of anilines is 1. The summed E-state index contributed by atoms with van der Waals surface area (Å²) in [6.07, 6.45) is 2.31. The number of benzene rings is 3. The van der Waals surface area contributed by atoms with Crippen molar-refractivity contribution in [3.05, 3.63) is 94.0 Å². The van der Waals surface area contributed by atoms with Crippen molar-refractivity contribution < 1.29 is 14.6 Å². The SMILES string of the molecule is CC#CC(CC(=O)O)c1ccc(OCc2ccc(CN3CCC4(CC3)CN(C)c3ccccc34)c(Cl)c2)cc1. The lowest BCUT2D eigenvalue weighted by molar-refractivity contribution is -0.137. The van der Waals surface area contributed by atoms with Gasteiger partial charge in [-0.1, -0.05) is 60.0 Å². The van der Waals surface area contributed by atoms with E-state index in [-0.39, 0.29) is 17.8 Å². The van der Waals surface area contributed by atoms with Crippen molar-refractivity contribution in [2.75, 3.05) is 31.6 Å². The van der Waals surface area contributed by atoms with Crippen molar-refractivity contribution in [3.8, 4) is 17.6 Å². The molecule has 5 nitrogen and oxygen atoms in total. The van der Waals surface area contributed by atoms with Crippen LogP contribution < -0.4 is 9.64 Å². The van der Waals surface area contributed by atoms with Crippen molar-refractivity contribution in [1.29, 1.82) is 0 Å². The van der Waals surface area contributed by atoms with Crippen LogP contribution >= 0.6 is 11.6 Å². The number of ether oxygens (including phenoxy) is 1. The third-order valence-electron chi connectivity index (χ3n) is 8.14. The molecule has 3 aromatic carbocycles. The zero-order valence-electron chi connectivity index (χ0n) is 22.6. The molecule has 1 spiro atoms. The Morgan fingerprint density at radius 3 is 2.54 bits per heavy atom. The Balaban J connectivity index is 1.15. The van der Waals surface area contributed by atoms with Crippen LogP contribution in [-0.2, 0) is 23.4 Å². The molecule has 2 aliphatic heterocycles. The van der Waals surface area contributed by atoms with Gasteiger partial charge < -0.3 is 14.7 Å². The molecule has 0 aromatic heterocycles. The lowest BCUT2D eigenvalue weighted by Gasteiger charge is -2.40. The molecule has 6 heteroatoms. The first-order valence-electron chi connectivity index (χ1n) is 13.5. The van der Waals surface area contributed by atoms with E-state index in [0.717, 1.165) is 53.6 Å². The summed E-state index contributed by atoms with van der Waals surface area (Å²) in [5.74, 6) is 5.33. The normalized spacial score (nSPS) is 16.8. The van der Waals surface area contributed by atoms with Crippen LogP contribution in [-0.4, -0.2) is 42.7 Å². The number of para-hydroxylation sites is 1. The smallest absolute Gasteiger partial charge is 0.304 e. The molecule has 1 N–H and O–H groups in total. The molecule has 0 amide bonds. The van der Waals surface area contributed by atoms with Crippen LogP contribution in [0.15, 0.2) is 66.7 Å². The first-order valence-corrected chi connectivity index (χ1v) is 13.9. The fraction of sp³-hybridized carbons (Fsp3) is 0.364. The molecular formula is C33H35ClN2O3. The molecule has 2 heterocycles. The number of carboxylic acids is 1. The third kappa shape index (κ3) is 6.08. The van der Waals surface area contributed by atoms with E-state index in [0.29, 0.717) is 6.61 Å². The van der Waals surface area contributed by atoms with Crippen LogP contribution in [0, 0.1) is 11.8 Å². The quantitative estimate of drug-likeness (QED) is 0.330. The van der Waals surface area contributed by atoms with E-state index in [1.807, 2.05) is 30.3 Å². The number of carbonyl (C=O) groups is 1. The number of carboxylic acid groups (broad SMARTS) is 1. The molecule has 0 aliphatic carbocycles. The van der Waals surface area contributed by atoms with Crippen LogP contribution in [0.5, 0.6) is 5.75 Å². The maximum Gasteiger partial charge on any atom is 0.304 e. The van der Waals surface area contributed by atoms with Gasteiger partial charge >= 0.3 is 5.97 Å². The molecule has 0 radical (unpaired) electrons. The maximum absolute atomic E-state index is 11.1. The summed E-state index contributed by atoms with van der Waals surface area (Å²) in [6, 6.07) is 22.6. The minimum absolute atomic E-state index is 0.0184. The van der Waals surface area contributed by atoms with Gasteiger partial charge in [-0.05, 0) is 79.4 Å². The van der Waals surface area contributed by atoms with Crippen molar-refractivity contribution in [2.24, 2.45) is 0 Å². The number of aliphatic carboxylic acids is 1. The number of hydrogen-bond acceptors (Lipinski definition) is 4. The van der Waals surface area contributed by atoms with E-state index in [2.05, 4.69) is 65.1 Å². The van der Waals surface area contributed by atoms with Gasteiger partial charge in [-0.2, -0.15) is 0 Å². The second-order valence-electron chi connectivity index (χ2n) is 10.8. The van der Waals surface area contributed by atoms with E-state index in [4.69, 9.17) is 21.4 Å². The molecule has 1 atom stereocenters. The van der Waals surface area contributed by atoms with Gasteiger partial charge in [-0.25, -0.2) is 0 Å². The van der Waals surface area contributed by atoms with Crippen molar-refractivity contribution in [2.45, 2.75) is 50.7 Å². The van der Waals surface area contributed by atoms with Gasteiger partial charge in [0.2, 0.25) is 0 Å². The van der Waals surface area contributed by atoms with Crippen molar-refractivity contribution >= 4 is 23.3 Å². The summed E-state index contributed by atoms with van der Waals surface area (Å²) >= 11 is 6.71. The summed E-state index contributed by atoms with van der Waals surface area (Å²) < 4.78 is 5.98. The van der Waals surface area contributed by atoms with Gasteiger partial charge in [-0.15, -0.1) is 5.92 Å². The Kier molecular flexibility index (Phi) is 8.16. The lowest BCUT2D eigenvalue weighted by Crippen LogP contribution is -2.44. The number of nitrogens with zero attached hydrogens (tertiary/aromatic N) is 2. The van der Waals surface area contributed by atoms with Crippen LogP contribution in [0.25, 0.3) is 0 Å². The molecule has 0 bridgehead atoms. The number of fused-ring (bicyclic) bond motifs is 2. The molecule has 39 heavy (non-hydrogen) atoms. The second kappa shape index (κ2) is 11.7. The van der Waals surface area contributed by atoms with Gasteiger partial charge in [0, 0.05) is 36.3 Å². The van der Waals surface area contributed by atoms with E-state index in [1.165, 1.54) is 24.1 Å².